The Morgan fingerprint density at radius 3 is 2.64 bits per heavy atom. The Hall–Kier alpha value is -1.79. The van der Waals surface area contributed by atoms with Crippen molar-refractivity contribution in [2.45, 2.75) is 6.42 Å². The van der Waals surface area contributed by atoms with Gasteiger partial charge in [0.1, 0.15) is 0 Å². The third-order valence-corrected chi connectivity index (χ3v) is 1.98. The summed E-state index contributed by atoms with van der Waals surface area (Å²) in [5, 5.41) is 0. The van der Waals surface area contributed by atoms with Gasteiger partial charge >= 0.3 is 0 Å². The molecule has 0 radical (unpaired) electrons. The van der Waals surface area contributed by atoms with E-state index in [-0.39, 0.29) is 11.8 Å². The van der Waals surface area contributed by atoms with Crippen LogP contribution < -0.4 is 5.73 Å². The number of hydrogen-bond acceptors (Lipinski definition) is 1. The minimum Gasteiger partial charge on any atom is -0.369 e. The Labute approximate surface area is 83.7 Å². The summed E-state index contributed by atoms with van der Waals surface area (Å²) in [6.45, 7) is 3.44. The predicted octanol–water partition coefficient (Wildman–Crippen LogP) is 1.67. The van der Waals surface area contributed by atoms with Crippen molar-refractivity contribution >= 4 is 5.91 Å². The van der Waals surface area contributed by atoms with Crippen molar-refractivity contribution < 1.29 is 4.79 Å². The van der Waals surface area contributed by atoms with E-state index >= 15 is 0 Å². The SMILES string of the molecule is C=C=C[C@H](Cc1ccccc1)C(N)=O. The van der Waals surface area contributed by atoms with Gasteiger partial charge in [0.25, 0.3) is 0 Å². The van der Waals surface area contributed by atoms with Crippen LogP contribution in [0.2, 0.25) is 0 Å². The van der Waals surface area contributed by atoms with Gasteiger partial charge in [-0.3, -0.25) is 4.79 Å². The highest BCUT2D eigenvalue weighted by Crippen LogP contribution is 2.09. The average molecular weight is 187 g/mol. The second-order valence-electron chi connectivity index (χ2n) is 3.07. The fourth-order valence-corrected chi connectivity index (χ4v) is 1.25. The maximum Gasteiger partial charge on any atom is 0.225 e. The molecule has 1 rings (SSSR count). The van der Waals surface area contributed by atoms with Gasteiger partial charge in [-0.05, 0) is 18.1 Å². The monoisotopic (exact) mass is 187 g/mol. The second-order valence-corrected chi connectivity index (χ2v) is 3.07. The molecule has 2 heteroatoms. The van der Waals surface area contributed by atoms with E-state index in [1.54, 1.807) is 6.08 Å². The molecule has 0 spiro atoms. The van der Waals surface area contributed by atoms with Gasteiger partial charge in [-0.2, -0.15) is 0 Å². The van der Waals surface area contributed by atoms with Crippen molar-refractivity contribution in [3.05, 3.63) is 54.3 Å². The van der Waals surface area contributed by atoms with Gasteiger partial charge in [0, 0.05) is 0 Å². The molecule has 0 fully saturated rings. The average Bonchev–Trinajstić information content (AvgIpc) is 2.18. The molecule has 0 saturated heterocycles. The molecule has 1 aromatic rings. The molecular weight excluding hydrogens is 174 g/mol. The van der Waals surface area contributed by atoms with E-state index in [1.165, 1.54) is 0 Å². The third kappa shape index (κ3) is 2.92. The zero-order chi connectivity index (χ0) is 10.4. The van der Waals surface area contributed by atoms with Crippen molar-refractivity contribution in [2.24, 2.45) is 11.7 Å². The normalized spacial score (nSPS) is 11.4. The summed E-state index contributed by atoms with van der Waals surface area (Å²) in [6.07, 6.45) is 2.22. The Kier molecular flexibility index (Phi) is 3.71. The lowest BCUT2D eigenvalue weighted by Crippen LogP contribution is -2.23. The third-order valence-electron chi connectivity index (χ3n) is 1.98. The molecular formula is C12H13NO. The molecule has 0 aliphatic carbocycles. The number of amides is 1. The Morgan fingerprint density at radius 1 is 1.50 bits per heavy atom. The second kappa shape index (κ2) is 5.05. The molecule has 0 bridgehead atoms. The van der Waals surface area contributed by atoms with Gasteiger partial charge in [-0.1, -0.05) is 36.9 Å². The Balaban J connectivity index is 2.75. The molecule has 1 aromatic carbocycles. The van der Waals surface area contributed by atoms with Crippen LogP contribution in [0.15, 0.2) is 48.7 Å². The maximum absolute atomic E-state index is 11.0. The highest BCUT2D eigenvalue weighted by Gasteiger charge is 2.11. The molecule has 1 atom stereocenters. The summed E-state index contributed by atoms with van der Waals surface area (Å²) < 4.78 is 0. The smallest absolute Gasteiger partial charge is 0.225 e. The standard InChI is InChI=1S/C12H13NO/c1-2-6-11(12(13)14)9-10-7-4-3-5-8-10/h3-8,11H,1,9H2,(H2,13,14)/t11-/m1/s1. The summed E-state index contributed by atoms with van der Waals surface area (Å²) in [5.74, 6) is -0.653. The number of rotatable bonds is 4. The van der Waals surface area contributed by atoms with Crippen molar-refractivity contribution in [2.75, 3.05) is 0 Å². The lowest BCUT2D eigenvalue weighted by molar-refractivity contribution is -0.120. The van der Waals surface area contributed by atoms with Gasteiger partial charge in [0.2, 0.25) is 5.91 Å². The quantitative estimate of drug-likeness (QED) is 0.716. The van der Waals surface area contributed by atoms with Gasteiger partial charge < -0.3 is 5.73 Å². The predicted molar refractivity (Wildman–Crippen MR) is 56.5 cm³/mol. The molecule has 1 amide bonds. The van der Waals surface area contributed by atoms with Crippen LogP contribution in [0.25, 0.3) is 0 Å². The van der Waals surface area contributed by atoms with Crippen LogP contribution in [0.4, 0.5) is 0 Å². The van der Waals surface area contributed by atoms with Crippen LogP contribution in [0.3, 0.4) is 0 Å². The number of carbonyl (C=O) groups excluding carboxylic acids is 1. The molecule has 2 N–H and O–H groups in total. The summed E-state index contributed by atoms with van der Waals surface area (Å²) in [7, 11) is 0. The number of carbonyl (C=O) groups is 1. The molecule has 2 nitrogen and oxygen atoms in total. The lowest BCUT2D eigenvalue weighted by atomic mass is 9.99. The molecule has 14 heavy (non-hydrogen) atoms. The van der Waals surface area contributed by atoms with E-state index in [0.29, 0.717) is 6.42 Å². The van der Waals surface area contributed by atoms with Crippen LogP contribution in [0.1, 0.15) is 5.56 Å². The minimum absolute atomic E-state index is 0.310. The number of primary amides is 1. The van der Waals surface area contributed by atoms with E-state index in [2.05, 4.69) is 12.3 Å². The van der Waals surface area contributed by atoms with Gasteiger partial charge in [0.05, 0.1) is 5.92 Å². The molecule has 0 aliphatic heterocycles. The van der Waals surface area contributed by atoms with Crippen molar-refractivity contribution in [1.29, 1.82) is 0 Å². The van der Waals surface area contributed by atoms with E-state index in [9.17, 15) is 4.79 Å². The number of nitrogens with two attached hydrogens (primary N) is 1. The molecule has 0 aliphatic rings. The Morgan fingerprint density at radius 2 is 2.14 bits per heavy atom. The molecule has 0 saturated carbocycles. The summed E-state index contributed by atoms with van der Waals surface area (Å²) in [6, 6.07) is 9.74. The highest BCUT2D eigenvalue weighted by molar-refractivity contribution is 5.78. The largest absolute Gasteiger partial charge is 0.369 e. The van der Waals surface area contributed by atoms with Crippen LogP contribution in [0.5, 0.6) is 0 Å². The van der Waals surface area contributed by atoms with E-state index in [4.69, 9.17) is 5.73 Å². The zero-order valence-electron chi connectivity index (χ0n) is 7.94. The first-order valence-corrected chi connectivity index (χ1v) is 4.43. The van der Waals surface area contributed by atoms with Crippen LogP contribution >= 0.6 is 0 Å². The van der Waals surface area contributed by atoms with Crippen LogP contribution in [-0.2, 0) is 11.2 Å². The van der Waals surface area contributed by atoms with Crippen molar-refractivity contribution in [3.8, 4) is 0 Å². The lowest BCUT2D eigenvalue weighted by Gasteiger charge is -2.06. The highest BCUT2D eigenvalue weighted by atomic mass is 16.1. The first kappa shape index (κ1) is 10.3. The minimum atomic E-state index is -0.343. The van der Waals surface area contributed by atoms with Gasteiger partial charge in [-0.15, -0.1) is 5.73 Å². The summed E-state index contributed by atoms with van der Waals surface area (Å²) >= 11 is 0. The van der Waals surface area contributed by atoms with Crippen molar-refractivity contribution in [1.82, 2.24) is 0 Å². The maximum atomic E-state index is 11.0. The zero-order valence-corrected chi connectivity index (χ0v) is 7.94. The number of benzene rings is 1. The number of hydrogen-bond donors (Lipinski definition) is 1. The topological polar surface area (TPSA) is 43.1 Å². The van der Waals surface area contributed by atoms with E-state index in [1.807, 2.05) is 30.3 Å². The molecule has 0 aromatic heterocycles. The van der Waals surface area contributed by atoms with Crippen LogP contribution in [0, 0.1) is 5.92 Å². The van der Waals surface area contributed by atoms with Crippen molar-refractivity contribution in [3.63, 3.8) is 0 Å². The summed E-state index contributed by atoms with van der Waals surface area (Å²) in [4.78, 5) is 11.0. The molecule has 72 valence electrons. The van der Waals surface area contributed by atoms with E-state index in [0.717, 1.165) is 5.56 Å². The summed E-state index contributed by atoms with van der Waals surface area (Å²) in [5.41, 5.74) is 8.91. The van der Waals surface area contributed by atoms with Crippen LogP contribution in [-0.4, -0.2) is 5.91 Å². The Bertz CT molecular complexity index is 348. The fourth-order valence-electron chi connectivity index (χ4n) is 1.25. The first-order chi connectivity index (χ1) is 6.74. The van der Waals surface area contributed by atoms with Gasteiger partial charge in [0.15, 0.2) is 0 Å². The first-order valence-electron chi connectivity index (χ1n) is 4.43. The van der Waals surface area contributed by atoms with Gasteiger partial charge in [-0.25, -0.2) is 0 Å². The fraction of sp³-hybridized carbons (Fsp3) is 0.167. The molecule has 0 unspecified atom stereocenters. The molecule has 0 heterocycles. The van der Waals surface area contributed by atoms with E-state index < -0.39 is 0 Å².